The zero-order chi connectivity index (χ0) is 14.1. The molecule has 1 aliphatic rings. The SMILES string of the molecule is C#CCN(CCCN1CCOCC1)CC(C)C(=O)O. The summed E-state index contributed by atoms with van der Waals surface area (Å²) in [7, 11) is 0. The van der Waals surface area contributed by atoms with Crippen LogP contribution in [0.3, 0.4) is 0 Å². The van der Waals surface area contributed by atoms with Gasteiger partial charge in [0.2, 0.25) is 0 Å². The first kappa shape index (κ1) is 16.0. The largest absolute Gasteiger partial charge is 0.481 e. The molecule has 5 heteroatoms. The Labute approximate surface area is 115 Å². The fourth-order valence-electron chi connectivity index (χ4n) is 2.17. The van der Waals surface area contributed by atoms with E-state index in [9.17, 15) is 4.79 Å². The molecule has 108 valence electrons. The van der Waals surface area contributed by atoms with E-state index >= 15 is 0 Å². The van der Waals surface area contributed by atoms with Crippen LogP contribution in [0.25, 0.3) is 0 Å². The molecule has 0 aromatic rings. The van der Waals surface area contributed by atoms with Crippen LogP contribution in [0.2, 0.25) is 0 Å². The number of carboxylic acid groups (broad SMARTS) is 1. The van der Waals surface area contributed by atoms with Gasteiger partial charge in [-0.2, -0.15) is 0 Å². The van der Waals surface area contributed by atoms with Gasteiger partial charge >= 0.3 is 5.97 Å². The number of hydrogen-bond acceptors (Lipinski definition) is 4. The monoisotopic (exact) mass is 268 g/mol. The van der Waals surface area contributed by atoms with Gasteiger partial charge < -0.3 is 9.84 Å². The highest BCUT2D eigenvalue weighted by atomic mass is 16.5. The minimum atomic E-state index is -0.768. The third-order valence-electron chi connectivity index (χ3n) is 3.32. The molecule has 1 aliphatic heterocycles. The predicted molar refractivity (Wildman–Crippen MR) is 73.9 cm³/mol. The molecular weight excluding hydrogens is 244 g/mol. The molecule has 0 amide bonds. The number of carbonyl (C=O) groups is 1. The van der Waals surface area contributed by atoms with Crippen molar-refractivity contribution in [3.63, 3.8) is 0 Å². The van der Waals surface area contributed by atoms with Crippen molar-refractivity contribution in [1.82, 2.24) is 9.80 Å². The molecule has 19 heavy (non-hydrogen) atoms. The summed E-state index contributed by atoms with van der Waals surface area (Å²) >= 11 is 0. The first-order valence-electron chi connectivity index (χ1n) is 6.82. The summed E-state index contributed by atoms with van der Waals surface area (Å²) in [4.78, 5) is 15.3. The quantitative estimate of drug-likeness (QED) is 0.644. The Hall–Kier alpha value is -1.09. The van der Waals surface area contributed by atoms with E-state index < -0.39 is 5.97 Å². The van der Waals surface area contributed by atoms with E-state index in [0.717, 1.165) is 45.8 Å². The lowest BCUT2D eigenvalue weighted by atomic mass is 10.1. The fourth-order valence-corrected chi connectivity index (χ4v) is 2.17. The number of terminal acetylenes is 1. The fraction of sp³-hybridized carbons (Fsp3) is 0.786. The molecule has 0 bridgehead atoms. The van der Waals surface area contributed by atoms with E-state index in [2.05, 4.69) is 10.8 Å². The molecule has 1 fully saturated rings. The van der Waals surface area contributed by atoms with Crippen molar-refractivity contribution >= 4 is 5.97 Å². The normalized spacial score (nSPS) is 18.2. The van der Waals surface area contributed by atoms with Crippen molar-refractivity contribution < 1.29 is 14.6 Å². The molecule has 1 heterocycles. The van der Waals surface area contributed by atoms with Crippen LogP contribution >= 0.6 is 0 Å². The van der Waals surface area contributed by atoms with Crippen molar-refractivity contribution in [2.24, 2.45) is 5.92 Å². The molecule has 0 radical (unpaired) electrons. The van der Waals surface area contributed by atoms with Gasteiger partial charge in [-0.25, -0.2) is 0 Å². The zero-order valence-corrected chi connectivity index (χ0v) is 11.7. The maximum Gasteiger partial charge on any atom is 0.307 e. The number of morpholine rings is 1. The number of hydrogen-bond donors (Lipinski definition) is 1. The Kier molecular flexibility index (Phi) is 7.49. The van der Waals surface area contributed by atoms with Crippen LogP contribution in [0.1, 0.15) is 13.3 Å². The maximum absolute atomic E-state index is 10.9. The minimum absolute atomic E-state index is 0.378. The number of nitrogens with zero attached hydrogens (tertiary/aromatic N) is 2. The van der Waals surface area contributed by atoms with Gasteiger partial charge in [0.05, 0.1) is 25.7 Å². The minimum Gasteiger partial charge on any atom is -0.481 e. The van der Waals surface area contributed by atoms with Crippen LogP contribution in [-0.2, 0) is 9.53 Å². The van der Waals surface area contributed by atoms with E-state index in [4.69, 9.17) is 16.3 Å². The van der Waals surface area contributed by atoms with Gasteiger partial charge in [0.25, 0.3) is 0 Å². The number of ether oxygens (including phenoxy) is 1. The highest BCUT2D eigenvalue weighted by molar-refractivity contribution is 5.69. The molecule has 0 saturated carbocycles. The van der Waals surface area contributed by atoms with Crippen LogP contribution in [0.15, 0.2) is 0 Å². The van der Waals surface area contributed by atoms with E-state index in [1.807, 2.05) is 4.90 Å². The second-order valence-corrected chi connectivity index (χ2v) is 4.99. The predicted octanol–water partition coefficient (Wildman–Crippen LogP) is 0.365. The Balaban J connectivity index is 2.24. The second-order valence-electron chi connectivity index (χ2n) is 4.99. The molecular formula is C14H24N2O3. The van der Waals surface area contributed by atoms with Gasteiger partial charge in [-0.3, -0.25) is 14.6 Å². The molecule has 0 aliphatic carbocycles. The molecule has 0 aromatic carbocycles. The van der Waals surface area contributed by atoms with E-state index in [1.54, 1.807) is 6.92 Å². The van der Waals surface area contributed by atoms with Crippen molar-refractivity contribution in [1.29, 1.82) is 0 Å². The zero-order valence-electron chi connectivity index (χ0n) is 11.7. The topological polar surface area (TPSA) is 53.0 Å². The third kappa shape index (κ3) is 6.58. The molecule has 5 nitrogen and oxygen atoms in total. The molecule has 1 unspecified atom stereocenters. The Morgan fingerprint density at radius 3 is 2.79 bits per heavy atom. The summed E-state index contributed by atoms with van der Waals surface area (Å²) in [5.74, 6) is 1.45. The number of rotatable bonds is 8. The summed E-state index contributed by atoms with van der Waals surface area (Å²) < 4.78 is 5.30. The molecule has 0 spiro atoms. The van der Waals surface area contributed by atoms with Gasteiger partial charge in [0.15, 0.2) is 0 Å². The average molecular weight is 268 g/mol. The average Bonchev–Trinajstić information content (AvgIpc) is 2.40. The first-order valence-corrected chi connectivity index (χ1v) is 6.82. The number of aliphatic carboxylic acids is 1. The highest BCUT2D eigenvalue weighted by Crippen LogP contribution is 2.03. The lowest BCUT2D eigenvalue weighted by Crippen LogP contribution is -2.39. The maximum atomic E-state index is 10.9. The van der Waals surface area contributed by atoms with E-state index in [1.165, 1.54) is 0 Å². The number of carboxylic acids is 1. The molecule has 1 atom stereocenters. The molecule has 1 N–H and O–H groups in total. The van der Waals surface area contributed by atoms with Gasteiger partial charge in [-0.1, -0.05) is 12.8 Å². The van der Waals surface area contributed by atoms with E-state index in [0.29, 0.717) is 13.1 Å². The van der Waals surface area contributed by atoms with Crippen molar-refractivity contribution in [2.45, 2.75) is 13.3 Å². The van der Waals surface area contributed by atoms with E-state index in [-0.39, 0.29) is 5.92 Å². The lowest BCUT2D eigenvalue weighted by Gasteiger charge is -2.28. The first-order chi connectivity index (χ1) is 9.13. The smallest absolute Gasteiger partial charge is 0.307 e. The van der Waals surface area contributed by atoms with Gasteiger partial charge in [0, 0.05) is 26.2 Å². The van der Waals surface area contributed by atoms with Gasteiger partial charge in [0.1, 0.15) is 0 Å². The summed E-state index contributed by atoms with van der Waals surface area (Å²) in [5.41, 5.74) is 0. The van der Waals surface area contributed by atoms with Gasteiger partial charge in [-0.15, -0.1) is 6.42 Å². The second kappa shape index (κ2) is 8.92. The van der Waals surface area contributed by atoms with Crippen LogP contribution in [-0.4, -0.2) is 73.4 Å². The molecule has 1 rings (SSSR count). The summed E-state index contributed by atoms with van der Waals surface area (Å²) in [6.07, 6.45) is 6.34. The Morgan fingerprint density at radius 1 is 1.53 bits per heavy atom. The van der Waals surface area contributed by atoms with Crippen LogP contribution in [0.5, 0.6) is 0 Å². The molecule has 1 saturated heterocycles. The summed E-state index contributed by atoms with van der Waals surface area (Å²) in [5, 5.41) is 8.93. The van der Waals surface area contributed by atoms with Crippen LogP contribution in [0.4, 0.5) is 0 Å². The van der Waals surface area contributed by atoms with Crippen molar-refractivity contribution in [3.8, 4) is 12.3 Å². The van der Waals surface area contributed by atoms with Crippen LogP contribution < -0.4 is 0 Å². The Morgan fingerprint density at radius 2 is 2.21 bits per heavy atom. The van der Waals surface area contributed by atoms with Gasteiger partial charge in [-0.05, 0) is 13.0 Å². The van der Waals surface area contributed by atoms with Crippen LogP contribution in [0, 0.1) is 18.3 Å². The highest BCUT2D eigenvalue weighted by Gasteiger charge is 2.16. The molecule has 0 aromatic heterocycles. The lowest BCUT2D eigenvalue weighted by molar-refractivity contribution is -0.141. The van der Waals surface area contributed by atoms with Crippen molar-refractivity contribution in [3.05, 3.63) is 0 Å². The standard InChI is InChI=1S/C14H24N2O3/c1-3-5-16(12-13(2)14(17)18)7-4-6-15-8-10-19-11-9-15/h1,13H,4-12H2,2H3,(H,17,18). The van der Waals surface area contributed by atoms with Crippen molar-refractivity contribution in [2.75, 3.05) is 52.5 Å². The third-order valence-corrected chi connectivity index (χ3v) is 3.32. The Bertz CT molecular complexity index is 308. The summed E-state index contributed by atoms with van der Waals surface area (Å²) in [6.45, 7) is 8.21. The summed E-state index contributed by atoms with van der Waals surface area (Å²) in [6, 6.07) is 0.